The quantitative estimate of drug-likeness (QED) is 0.569. The van der Waals surface area contributed by atoms with Crippen LogP contribution in [0, 0.1) is 16.6 Å². The second-order valence-electron chi connectivity index (χ2n) is 12.7. The molecule has 4 rings (SSSR count). The number of halogens is 1. The lowest BCUT2D eigenvalue weighted by Crippen LogP contribution is -2.59. The molecule has 0 bridgehead atoms. The molecule has 3 fully saturated rings. The number of nitrogens with zero attached hydrogens (tertiary/aromatic N) is 3. The van der Waals surface area contributed by atoms with Gasteiger partial charge >= 0.3 is 5.97 Å². The van der Waals surface area contributed by atoms with Crippen LogP contribution in [0.3, 0.4) is 0 Å². The fourth-order valence-corrected chi connectivity index (χ4v) is 5.67. The van der Waals surface area contributed by atoms with Crippen molar-refractivity contribution in [2.75, 3.05) is 50.7 Å². The molecular formula is C29H43FN4O4. The van der Waals surface area contributed by atoms with Gasteiger partial charge in [0.2, 0.25) is 11.8 Å². The van der Waals surface area contributed by atoms with Crippen molar-refractivity contribution in [2.45, 2.75) is 71.9 Å². The number of ether oxygens (including phenoxy) is 1. The number of nitrogens with one attached hydrogen (secondary N) is 1. The van der Waals surface area contributed by atoms with E-state index in [0.717, 1.165) is 44.8 Å². The summed E-state index contributed by atoms with van der Waals surface area (Å²) in [7, 11) is 0. The summed E-state index contributed by atoms with van der Waals surface area (Å²) in [6.45, 7) is 14.4. The van der Waals surface area contributed by atoms with Crippen molar-refractivity contribution in [2.24, 2.45) is 10.8 Å². The molecule has 3 saturated heterocycles. The van der Waals surface area contributed by atoms with Crippen LogP contribution in [-0.4, -0.2) is 85.0 Å². The number of benzene rings is 1. The van der Waals surface area contributed by atoms with Crippen LogP contribution >= 0.6 is 0 Å². The van der Waals surface area contributed by atoms with Gasteiger partial charge in [-0.2, -0.15) is 0 Å². The Labute approximate surface area is 225 Å². The topological polar surface area (TPSA) is 82.2 Å². The molecule has 38 heavy (non-hydrogen) atoms. The van der Waals surface area contributed by atoms with Crippen LogP contribution in [0.2, 0.25) is 0 Å². The molecule has 0 aliphatic carbocycles. The van der Waals surface area contributed by atoms with Gasteiger partial charge in [-0.1, -0.05) is 20.8 Å². The molecule has 0 radical (unpaired) electrons. The third-order valence-corrected chi connectivity index (χ3v) is 8.31. The van der Waals surface area contributed by atoms with Gasteiger partial charge in [-0.05, 0) is 57.4 Å². The van der Waals surface area contributed by atoms with Gasteiger partial charge in [0.15, 0.2) is 0 Å². The van der Waals surface area contributed by atoms with Gasteiger partial charge in [0.1, 0.15) is 17.5 Å². The number of piperazine rings is 1. The van der Waals surface area contributed by atoms with Crippen LogP contribution in [0.15, 0.2) is 24.3 Å². The van der Waals surface area contributed by atoms with Crippen molar-refractivity contribution in [3.05, 3.63) is 30.1 Å². The number of hydrogen-bond donors (Lipinski definition) is 1. The van der Waals surface area contributed by atoms with E-state index in [4.69, 9.17) is 4.74 Å². The van der Waals surface area contributed by atoms with Gasteiger partial charge in [-0.15, -0.1) is 0 Å². The predicted molar refractivity (Wildman–Crippen MR) is 144 cm³/mol. The number of cyclic esters (lactones) is 1. The number of piperidine rings is 1. The van der Waals surface area contributed by atoms with Crippen LogP contribution in [0.5, 0.6) is 0 Å². The summed E-state index contributed by atoms with van der Waals surface area (Å²) < 4.78 is 19.0. The number of likely N-dealkylation sites (tertiary alicyclic amines) is 1. The molecule has 1 spiro atoms. The normalized spacial score (nSPS) is 22.5. The summed E-state index contributed by atoms with van der Waals surface area (Å²) in [4.78, 5) is 45.0. The lowest BCUT2D eigenvalue weighted by Gasteiger charge is -2.40. The van der Waals surface area contributed by atoms with Crippen LogP contribution in [-0.2, 0) is 19.1 Å². The number of hydrogen-bond acceptors (Lipinski definition) is 6. The summed E-state index contributed by atoms with van der Waals surface area (Å²) in [5, 5.41) is 2.89. The fourth-order valence-electron chi connectivity index (χ4n) is 5.67. The third-order valence-electron chi connectivity index (χ3n) is 8.31. The molecule has 3 aliphatic rings. The molecule has 9 heteroatoms. The Balaban J connectivity index is 1.22. The molecule has 3 heterocycles. The van der Waals surface area contributed by atoms with Crippen molar-refractivity contribution >= 4 is 23.5 Å². The molecule has 1 unspecified atom stereocenters. The first-order chi connectivity index (χ1) is 17.8. The lowest BCUT2D eigenvalue weighted by atomic mass is 9.75. The number of rotatable bonds is 6. The van der Waals surface area contributed by atoms with E-state index in [1.165, 1.54) is 12.1 Å². The molecule has 1 atom stereocenters. The zero-order valence-electron chi connectivity index (χ0n) is 23.5. The van der Waals surface area contributed by atoms with E-state index in [1.54, 1.807) is 18.7 Å². The zero-order chi connectivity index (χ0) is 27.7. The third kappa shape index (κ3) is 6.30. The Morgan fingerprint density at radius 2 is 1.61 bits per heavy atom. The number of amides is 2. The van der Waals surface area contributed by atoms with E-state index in [1.807, 2.05) is 32.9 Å². The molecular weight excluding hydrogens is 487 g/mol. The summed E-state index contributed by atoms with van der Waals surface area (Å²) in [6, 6.07) is 6.64. The second kappa shape index (κ2) is 10.8. The number of anilines is 1. The number of carbonyl (C=O) groups is 3. The van der Waals surface area contributed by atoms with Crippen molar-refractivity contribution in [3.8, 4) is 0 Å². The first kappa shape index (κ1) is 28.3. The van der Waals surface area contributed by atoms with Crippen LogP contribution in [0.25, 0.3) is 0 Å². The minimum absolute atomic E-state index is 0.0950. The van der Waals surface area contributed by atoms with E-state index in [-0.39, 0.29) is 29.7 Å². The largest absolute Gasteiger partial charge is 0.462 e. The Bertz CT molecular complexity index is 1020. The highest BCUT2D eigenvalue weighted by Gasteiger charge is 2.51. The Hall–Kier alpha value is -2.68. The van der Waals surface area contributed by atoms with Gasteiger partial charge in [0.25, 0.3) is 0 Å². The maximum Gasteiger partial charge on any atom is 0.312 e. The fraction of sp³-hybridized carbons (Fsp3) is 0.690. The minimum Gasteiger partial charge on any atom is -0.462 e. The van der Waals surface area contributed by atoms with Gasteiger partial charge in [-0.25, -0.2) is 4.39 Å². The van der Waals surface area contributed by atoms with E-state index < -0.39 is 16.4 Å². The molecule has 8 nitrogen and oxygen atoms in total. The van der Waals surface area contributed by atoms with E-state index >= 15 is 0 Å². The van der Waals surface area contributed by atoms with E-state index in [2.05, 4.69) is 15.1 Å². The summed E-state index contributed by atoms with van der Waals surface area (Å²) in [5.74, 6) is -0.631. The monoisotopic (exact) mass is 530 g/mol. The van der Waals surface area contributed by atoms with Crippen molar-refractivity contribution in [3.63, 3.8) is 0 Å². The van der Waals surface area contributed by atoms with E-state index in [9.17, 15) is 18.8 Å². The predicted octanol–water partition coefficient (Wildman–Crippen LogP) is 3.20. The molecule has 1 N–H and O–H groups in total. The van der Waals surface area contributed by atoms with Crippen LogP contribution in [0.4, 0.5) is 10.1 Å². The first-order valence-corrected chi connectivity index (χ1v) is 13.9. The van der Waals surface area contributed by atoms with Crippen molar-refractivity contribution < 1.29 is 23.5 Å². The number of esters is 1. The second-order valence-corrected chi connectivity index (χ2v) is 12.7. The molecule has 0 saturated carbocycles. The summed E-state index contributed by atoms with van der Waals surface area (Å²) in [6.07, 6.45) is 2.59. The Morgan fingerprint density at radius 1 is 1.00 bits per heavy atom. The van der Waals surface area contributed by atoms with E-state index in [0.29, 0.717) is 32.4 Å². The Kier molecular flexibility index (Phi) is 8.07. The molecule has 3 aliphatic heterocycles. The molecule has 2 amide bonds. The standard InChI is InChI=1S/C29H43FN4O4/c1-27(2,3)24(35)31-28(4,5)25(36)34-14-11-29(12-15-34)20-23(38-26(29)37)10-13-32-16-18-33(19-17-32)22-8-6-21(30)7-9-22/h6-9,23H,10-20H2,1-5H3,(H,31,35). The summed E-state index contributed by atoms with van der Waals surface area (Å²) in [5.41, 5.74) is -1.06. The average molecular weight is 531 g/mol. The highest BCUT2D eigenvalue weighted by atomic mass is 19.1. The van der Waals surface area contributed by atoms with Crippen molar-refractivity contribution in [1.82, 2.24) is 15.1 Å². The smallest absolute Gasteiger partial charge is 0.312 e. The molecule has 1 aromatic carbocycles. The number of carbonyl (C=O) groups excluding carboxylic acids is 3. The SMILES string of the molecule is CC(C)(C)C(=O)NC(C)(C)C(=O)N1CCC2(CC1)CC(CCN1CCN(c3ccc(F)cc3)CC1)OC2=O. The maximum atomic E-state index is 13.2. The zero-order valence-corrected chi connectivity index (χ0v) is 23.5. The minimum atomic E-state index is -1.01. The van der Waals surface area contributed by atoms with Crippen molar-refractivity contribution in [1.29, 1.82) is 0 Å². The Morgan fingerprint density at radius 3 is 2.18 bits per heavy atom. The average Bonchev–Trinajstić information content (AvgIpc) is 3.17. The van der Waals surface area contributed by atoms with Gasteiger partial charge < -0.3 is 19.9 Å². The van der Waals surface area contributed by atoms with Crippen LogP contribution < -0.4 is 10.2 Å². The highest BCUT2D eigenvalue weighted by Crippen LogP contribution is 2.44. The lowest BCUT2D eigenvalue weighted by molar-refractivity contribution is -0.153. The molecule has 0 aromatic heterocycles. The molecule has 210 valence electrons. The maximum absolute atomic E-state index is 13.2. The first-order valence-electron chi connectivity index (χ1n) is 13.9. The van der Waals surface area contributed by atoms with Gasteiger partial charge in [-0.3, -0.25) is 19.3 Å². The summed E-state index contributed by atoms with van der Waals surface area (Å²) >= 11 is 0. The van der Waals surface area contributed by atoms with Gasteiger partial charge in [0.05, 0.1) is 5.41 Å². The molecule has 1 aromatic rings. The van der Waals surface area contributed by atoms with Crippen LogP contribution in [0.1, 0.15) is 60.3 Å². The highest BCUT2D eigenvalue weighted by molar-refractivity contribution is 5.92. The van der Waals surface area contributed by atoms with Gasteiger partial charge in [0, 0.05) is 63.3 Å².